The molecule has 59 valence electrons. The van der Waals surface area contributed by atoms with Gasteiger partial charge in [-0.2, -0.15) is 0 Å². The van der Waals surface area contributed by atoms with Crippen LogP contribution in [0.3, 0.4) is 0 Å². The van der Waals surface area contributed by atoms with E-state index in [0.29, 0.717) is 13.2 Å². The maximum Gasteiger partial charge on any atom is 0.111 e. The summed E-state index contributed by atoms with van der Waals surface area (Å²) in [7, 11) is 0. The Balaban J connectivity index is 2.95. The summed E-state index contributed by atoms with van der Waals surface area (Å²) in [5.74, 6) is 0. The second kappa shape index (κ2) is 6.62. The van der Waals surface area contributed by atoms with Crippen LogP contribution in [0.5, 0.6) is 0 Å². The van der Waals surface area contributed by atoms with E-state index in [-0.39, 0.29) is 0 Å². The van der Waals surface area contributed by atoms with Crippen molar-refractivity contribution < 1.29 is 9.47 Å². The number of ether oxygens (including phenoxy) is 2. The zero-order valence-corrected chi connectivity index (χ0v) is 6.72. The first-order chi connectivity index (χ1) is 4.81. The molecule has 0 atom stereocenters. The van der Waals surface area contributed by atoms with Crippen LogP contribution in [0.1, 0.15) is 20.3 Å². The fourth-order valence-electron chi connectivity index (χ4n) is 0.449. The maximum atomic E-state index is 5.24. The highest BCUT2D eigenvalue weighted by atomic mass is 16.5. The van der Waals surface area contributed by atoms with E-state index < -0.39 is 0 Å². The monoisotopic (exact) mass is 143 g/mol. The molecule has 0 heterocycles. The maximum absolute atomic E-state index is 5.24. The molecule has 0 aliphatic rings. The average molecular weight is 143 g/mol. The zero-order chi connectivity index (χ0) is 7.82. The van der Waals surface area contributed by atoms with E-state index in [1.54, 1.807) is 0 Å². The summed E-state index contributed by atoms with van der Waals surface area (Å²) in [6, 6.07) is 0. The molecule has 0 aromatic heterocycles. The summed E-state index contributed by atoms with van der Waals surface area (Å²) in [6.07, 6.45) is 3.44. The van der Waals surface area contributed by atoms with Crippen LogP contribution in [-0.4, -0.2) is 13.2 Å². The van der Waals surface area contributed by atoms with Crippen LogP contribution in [0, 0.1) is 6.10 Å². The van der Waals surface area contributed by atoms with E-state index in [9.17, 15) is 0 Å². The van der Waals surface area contributed by atoms with E-state index in [1.807, 2.05) is 6.92 Å². The van der Waals surface area contributed by atoms with Crippen LogP contribution in [0.15, 0.2) is 12.8 Å². The smallest absolute Gasteiger partial charge is 0.111 e. The van der Waals surface area contributed by atoms with Crippen molar-refractivity contribution in [1.82, 2.24) is 0 Å². The molecule has 0 rings (SSSR count). The fourth-order valence-corrected chi connectivity index (χ4v) is 0.449. The highest BCUT2D eigenvalue weighted by Crippen LogP contribution is 2.03. The van der Waals surface area contributed by atoms with Crippen LogP contribution < -0.4 is 0 Å². The van der Waals surface area contributed by atoms with Gasteiger partial charge in [0.1, 0.15) is 6.61 Å². The lowest BCUT2D eigenvalue weighted by molar-refractivity contribution is 0.0926. The van der Waals surface area contributed by atoms with E-state index in [1.165, 1.54) is 6.26 Å². The van der Waals surface area contributed by atoms with Gasteiger partial charge in [0.05, 0.1) is 19.0 Å². The molecule has 0 aliphatic heterocycles. The van der Waals surface area contributed by atoms with Crippen molar-refractivity contribution in [1.29, 1.82) is 0 Å². The Labute approximate surface area is 62.8 Å². The Kier molecular flexibility index (Phi) is 6.29. The van der Waals surface area contributed by atoms with Crippen LogP contribution in [0.4, 0.5) is 0 Å². The van der Waals surface area contributed by atoms with Gasteiger partial charge in [0.15, 0.2) is 0 Å². The molecular formula is C8H15O2. The van der Waals surface area contributed by atoms with Crippen LogP contribution in [0.25, 0.3) is 0 Å². The summed E-state index contributed by atoms with van der Waals surface area (Å²) < 4.78 is 10.1. The molecule has 0 aliphatic carbocycles. The van der Waals surface area contributed by atoms with Crippen molar-refractivity contribution in [2.75, 3.05) is 13.2 Å². The van der Waals surface area contributed by atoms with Gasteiger partial charge >= 0.3 is 0 Å². The lowest BCUT2D eigenvalue weighted by Gasteiger charge is -2.07. The minimum atomic E-state index is 0.584. The molecule has 1 radical (unpaired) electrons. The number of hydrogen-bond donors (Lipinski definition) is 0. The van der Waals surface area contributed by atoms with Gasteiger partial charge in [-0.15, -0.1) is 0 Å². The lowest BCUT2D eigenvalue weighted by Crippen LogP contribution is -2.04. The van der Waals surface area contributed by atoms with Gasteiger partial charge in [-0.3, -0.25) is 0 Å². The van der Waals surface area contributed by atoms with Gasteiger partial charge < -0.3 is 9.47 Å². The molecule has 0 bridgehead atoms. The molecular weight excluding hydrogens is 128 g/mol. The first-order valence-electron chi connectivity index (χ1n) is 3.49. The molecule has 0 N–H and O–H groups in total. The third-order valence-corrected chi connectivity index (χ3v) is 1.17. The Morgan fingerprint density at radius 1 is 1.50 bits per heavy atom. The number of hydrogen-bond acceptors (Lipinski definition) is 2. The molecule has 0 amide bonds. The average Bonchev–Trinajstić information content (AvgIpc) is 1.98. The minimum absolute atomic E-state index is 0.584. The Hall–Kier alpha value is -0.500. The van der Waals surface area contributed by atoms with Crippen molar-refractivity contribution in [2.45, 2.75) is 20.3 Å². The number of rotatable bonds is 6. The standard InChI is InChI=1S/C8H15O2/c1-4-8(3)10-7-6-9-5-2/h5H,2,4,6-7H2,1,3H3. The quantitative estimate of drug-likeness (QED) is 0.419. The van der Waals surface area contributed by atoms with Gasteiger partial charge in [-0.25, -0.2) is 0 Å². The van der Waals surface area contributed by atoms with E-state index in [0.717, 1.165) is 12.5 Å². The molecule has 0 unspecified atom stereocenters. The topological polar surface area (TPSA) is 18.5 Å². The van der Waals surface area contributed by atoms with E-state index in [4.69, 9.17) is 9.47 Å². The van der Waals surface area contributed by atoms with Crippen LogP contribution in [-0.2, 0) is 9.47 Å². The predicted molar refractivity (Wildman–Crippen MR) is 41.3 cm³/mol. The SMILES string of the molecule is C=COCCO[C](C)CC. The molecule has 10 heavy (non-hydrogen) atoms. The largest absolute Gasteiger partial charge is 0.499 e. The van der Waals surface area contributed by atoms with Gasteiger partial charge in [-0.1, -0.05) is 13.5 Å². The predicted octanol–water partition coefficient (Wildman–Crippen LogP) is 2.12. The van der Waals surface area contributed by atoms with Gasteiger partial charge in [0, 0.05) is 0 Å². The van der Waals surface area contributed by atoms with Crippen molar-refractivity contribution in [3.8, 4) is 0 Å². The van der Waals surface area contributed by atoms with Crippen LogP contribution >= 0.6 is 0 Å². The summed E-state index contributed by atoms with van der Waals surface area (Å²) >= 11 is 0. The highest BCUT2D eigenvalue weighted by molar-refractivity contribution is 4.66. The van der Waals surface area contributed by atoms with Gasteiger partial charge in [-0.05, 0) is 13.3 Å². The third kappa shape index (κ3) is 5.63. The summed E-state index contributed by atoms with van der Waals surface area (Å²) in [6.45, 7) is 8.64. The Morgan fingerprint density at radius 3 is 2.70 bits per heavy atom. The fraction of sp³-hybridized carbons (Fsp3) is 0.625. The molecule has 0 saturated carbocycles. The van der Waals surface area contributed by atoms with Crippen molar-refractivity contribution >= 4 is 0 Å². The van der Waals surface area contributed by atoms with Crippen LogP contribution in [0.2, 0.25) is 0 Å². The Bertz CT molecular complexity index is 81.3. The Morgan fingerprint density at radius 2 is 2.20 bits per heavy atom. The second-order valence-corrected chi connectivity index (χ2v) is 1.94. The first-order valence-corrected chi connectivity index (χ1v) is 3.49. The van der Waals surface area contributed by atoms with Gasteiger partial charge in [0.25, 0.3) is 0 Å². The van der Waals surface area contributed by atoms with E-state index in [2.05, 4.69) is 13.5 Å². The highest BCUT2D eigenvalue weighted by Gasteiger charge is 1.97. The summed E-state index contributed by atoms with van der Waals surface area (Å²) in [5, 5.41) is 0. The first kappa shape index (κ1) is 9.50. The third-order valence-electron chi connectivity index (χ3n) is 1.17. The van der Waals surface area contributed by atoms with E-state index >= 15 is 0 Å². The summed E-state index contributed by atoms with van der Waals surface area (Å²) in [4.78, 5) is 0. The molecule has 2 heteroatoms. The molecule has 2 nitrogen and oxygen atoms in total. The van der Waals surface area contributed by atoms with Crippen molar-refractivity contribution in [3.63, 3.8) is 0 Å². The lowest BCUT2D eigenvalue weighted by atomic mass is 10.3. The minimum Gasteiger partial charge on any atom is -0.499 e. The zero-order valence-electron chi connectivity index (χ0n) is 6.72. The molecule has 0 aromatic rings. The normalized spacial score (nSPS) is 9.90. The molecule has 0 spiro atoms. The van der Waals surface area contributed by atoms with Crippen molar-refractivity contribution in [3.05, 3.63) is 18.9 Å². The molecule has 0 aromatic carbocycles. The molecule has 0 saturated heterocycles. The second-order valence-electron chi connectivity index (χ2n) is 1.94. The summed E-state index contributed by atoms with van der Waals surface area (Å²) in [5.41, 5.74) is 0. The van der Waals surface area contributed by atoms with Crippen molar-refractivity contribution in [2.24, 2.45) is 0 Å². The van der Waals surface area contributed by atoms with Gasteiger partial charge in [0.2, 0.25) is 0 Å². The molecule has 0 fully saturated rings.